The SMILES string of the molecule is CCCC[N+](CCO)(CCCC)CCCC.O=C([O-])[O-].[H+]. The zero-order valence-corrected chi connectivity index (χ0v) is 13.4. The molecule has 1 N–H and O–H groups in total. The molecular weight excluding hydrogens is 258 g/mol. The maximum Gasteiger partial charge on any atom is 1.00 e. The molecule has 0 aromatic rings. The van der Waals surface area contributed by atoms with Crippen LogP contribution in [-0.2, 0) is 0 Å². The van der Waals surface area contributed by atoms with Crippen LogP contribution in [-0.4, -0.2) is 48.5 Å². The van der Waals surface area contributed by atoms with Crippen LogP contribution in [0, 0.1) is 0 Å². The van der Waals surface area contributed by atoms with Gasteiger partial charge in [0.15, 0.2) is 0 Å². The first kappa shape index (κ1) is 21.5. The molecule has 5 heteroatoms. The van der Waals surface area contributed by atoms with Gasteiger partial charge in [0.2, 0.25) is 0 Å². The number of carbonyl (C=O) groups is 1. The smallest absolute Gasteiger partial charge is 0.652 e. The molecule has 0 amide bonds. The lowest BCUT2D eigenvalue weighted by Gasteiger charge is -2.38. The minimum Gasteiger partial charge on any atom is -0.652 e. The van der Waals surface area contributed by atoms with Crippen LogP contribution in [0.3, 0.4) is 0 Å². The summed E-state index contributed by atoms with van der Waals surface area (Å²) < 4.78 is 1.16. The quantitative estimate of drug-likeness (QED) is 0.572. The number of hydrogen-bond donors (Lipinski definition) is 1. The fourth-order valence-corrected chi connectivity index (χ4v) is 2.36. The fraction of sp³-hybridized carbons (Fsp3) is 0.933. The maximum absolute atomic E-state index is 9.28. The highest BCUT2D eigenvalue weighted by Gasteiger charge is 2.24. The standard InChI is InChI=1S/C14H32NO.CH2O3/c1-4-7-10-15(13-14-16,11-8-5-2)12-9-6-3;2-1(3)4/h16H,4-14H2,1-3H3;(H2,2,3,4)/q+1;/p-1. The average Bonchev–Trinajstić information content (AvgIpc) is 2.40. The summed E-state index contributed by atoms with van der Waals surface area (Å²) in [7, 11) is 0. The molecule has 0 heterocycles. The van der Waals surface area contributed by atoms with E-state index in [0.29, 0.717) is 6.61 Å². The van der Waals surface area contributed by atoms with E-state index in [-0.39, 0.29) is 1.43 Å². The summed E-state index contributed by atoms with van der Waals surface area (Å²) in [6, 6.07) is 0. The molecule has 0 aliphatic carbocycles. The lowest BCUT2D eigenvalue weighted by Crippen LogP contribution is -2.51. The Morgan fingerprint density at radius 2 is 1.20 bits per heavy atom. The Bertz CT molecular complexity index is 202. The Kier molecular flexibility index (Phi) is 15.7. The van der Waals surface area contributed by atoms with Crippen molar-refractivity contribution >= 4 is 6.16 Å². The van der Waals surface area contributed by atoms with Gasteiger partial charge in [-0.05, 0) is 25.4 Å². The molecule has 20 heavy (non-hydrogen) atoms. The third kappa shape index (κ3) is 13.6. The van der Waals surface area contributed by atoms with Crippen molar-refractivity contribution in [1.82, 2.24) is 0 Å². The second-order valence-electron chi connectivity index (χ2n) is 5.27. The van der Waals surface area contributed by atoms with E-state index >= 15 is 0 Å². The highest BCUT2D eigenvalue weighted by Crippen LogP contribution is 2.14. The van der Waals surface area contributed by atoms with Crippen molar-refractivity contribution in [1.29, 1.82) is 0 Å². The minimum absolute atomic E-state index is 0. The Labute approximate surface area is 125 Å². The van der Waals surface area contributed by atoms with Gasteiger partial charge in [-0.2, -0.15) is 0 Å². The molecule has 0 rings (SSSR count). The second kappa shape index (κ2) is 14.6. The topological polar surface area (TPSA) is 83.4 Å². The van der Waals surface area contributed by atoms with Crippen molar-refractivity contribution in [2.24, 2.45) is 0 Å². The van der Waals surface area contributed by atoms with E-state index in [2.05, 4.69) is 20.8 Å². The van der Waals surface area contributed by atoms with Crippen molar-refractivity contribution in [2.45, 2.75) is 59.3 Å². The molecule has 0 atom stereocenters. The molecule has 0 unspecified atom stereocenters. The molecule has 0 aliphatic rings. The average molecular weight is 291 g/mol. The number of aliphatic hydroxyl groups is 1. The Balaban J connectivity index is -0.000000572. The van der Waals surface area contributed by atoms with Crippen LogP contribution in [0.15, 0.2) is 0 Å². The van der Waals surface area contributed by atoms with Crippen LogP contribution in [0.5, 0.6) is 0 Å². The molecule has 0 aromatic carbocycles. The van der Waals surface area contributed by atoms with Crippen LogP contribution in [0.25, 0.3) is 0 Å². The number of quaternary nitrogens is 1. The predicted octanol–water partition coefficient (Wildman–Crippen LogP) is 0.861. The Morgan fingerprint density at radius 1 is 0.900 bits per heavy atom. The Morgan fingerprint density at radius 3 is 1.40 bits per heavy atom. The third-order valence-electron chi connectivity index (χ3n) is 3.53. The predicted molar refractivity (Wildman–Crippen MR) is 78.0 cm³/mol. The number of carboxylic acid groups (broad SMARTS) is 2. The molecular formula is C15H33NO4. The molecule has 0 spiro atoms. The number of carbonyl (C=O) groups excluding carboxylic acids is 1. The van der Waals surface area contributed by atoms with Crippen molar-refractivity contribution < 1.29 is 26.0 Å². The van der Waals surface area contributed by atoms with Gasteiger partial charge in [0.05, 0.1) is 26.2 Å². The lowest BCUT2D eigenvalue weighted by atomic mass is 10.1. The second-order valence-corrected chi connectivity index (χ2v) is 5.27. The number of nitrogens with zero attached hydrogens (tertiary/aromatic N) is 1. The monoisotopic (exact) mass is 291 g/mol. The van der Waals surface area contributed by atoms with Gasteiger partial charge in [0.25, 0.3) is 0 Å². The van der Waals surface area contributed by atoms with Gasteiger partial charge in [-0.3, -0.25) is 0 Å². The van der Waals surface area contributed by atoms with E-state index in [9.17, 15) is 5.11 Å². The zero-order chi connectivity index (χ0) is 15.9. The summed E-state index contributed by atoms with van der Waals surface area (Å²) in [4.78, 5) is 8.33. The largest absolute Gasteiger partial charge is 1.00 e. The van der Waals surface area contributed by atoms with Gasteiger partial charge < -0.3 is 24.6 Å². The molecule has 0 saturated carbocycles. The number of rotatable bonds is 11. The first-order valence-corrected chi connectivity index (χ1v) is 7.81. The normalized spacial score (nSPS) is 10.8. The molecule has 0 fully saturated rings. The van der Waals surface area contributed by atoms with E-state index in [4.69, 9.17) is 15.0 Å². The first-order chi connectivity index (χ1) is 9.47. The number of unbranched alkanes of at least 4 members (excludes halogenated alkanes) is 3. The van der Waals surface area contributed by atoms with E-state index in [1.807, 2.05) is 0 Å². The molecule has 0 aliphatic heterocycles. The van der Waals surface area contributed by atoms with Gasteiger partial charge >= 0.3 is 1.43 Å². The maximum atomic E-state index is 9.28. The van der Waals surface area contributed by atoms with Crippen molar-refractivity contribution in [2.75, 3.05) is 32.8 Å². The van der Waals surface area contributed by atoms with Crippen LogP contribution in [0.1, 0.15) is 60.7 Å². The van der Waals surface area contributed by atoms with Gasteiger partial charge in [-0.1, -0.05) is 40.0 Å². The Hall–Kier alpha value is -0.810. The van der Waals surface area contributed by atoms with Crippen molar-refractivity contribution in [3.05, 3.63) is 0 Å². The highest BCUT2D eigenvalue weighted by molar-refractivity contribution is 5.47. The minimum atomic E-state index is -2.33. The van der Waals surface area contributed by atoms with Gasteiger partial charge in [0, 0.05) is 0 Å². The van der Waals surface area contributed by atoms with E-state index in [0.717, 1.165) is 11.0 Å². The fourth-order valence-electron chi connectivity index (χ4n) is 2.36. The highest BCUT2D eigenvalue weighted by atomic mass is 16.6. The summed E-state index contributed by atoms with van der Waals surface area (Å²) >= 11 is 0. The van der Waals surface area contributed by atoms with Crippen LogP contribution >= 0.6 is 0 Å². The molecule has 0 bridgehead atoms. The molecule has 122 valence electrons. The summed E-state index contributed by atoms with van der Waals surface area (Å²) in [5.41, 5.74) is 0. The van der Waals surface area contributed by atoms with Crippen molar-refractivity contribution in [3.63, 3.8) is 0 Å². The number of aliphatic hydroxyl groups excluding tert-OH is 1. The van der Waals surface area contributed by atoms with E-state index in [1.54, 1.807) is 0 Å². The summed E-state index contributed by atoms with van der Waals surface area (Å²) in [6.45, 7) is 11.9. The summed E-state index contributed by atoms with van der Waals surface area (Å²) in [6.07, 6.45) is 5.37. The zero-order valence-electron chi connectivity index (χ0n) is 14.4. The van der Waals surface area contributed by atoms with E-state index in [1.165, 1.54) is 58.2 Å². The molecule has 0 aromatic heterocycles. The molecule has 5 nitrogen and oxygen atoms in total. The lowest BCUT2D eigenvalue weighted by molar-refractivity contribution is -0.929. The third-order valence-corrected chi connectivity index (χ3v) is 3.53. The summed E-state index contributed by atoms with van der Waals surface area (Å²) in [5, 5.41) is 26.0. The van der Waals surface area contributed by atoms with Crippen LogP contribution in [0.2, 0.25) is 0 Å². The summed E-state index contributed by atoms with van der Waals surface area (Å²) in [5.74, 6) is 0. The van der Waals surface area contributed by atoms with Crippen molar-refractivity contribution in [3.8, 4) is 0 Å². The molecule has 0 saturated heterocycles. The van der Waals surface area contributed by atoms with Gasteiger partial charge in [0.1, 0.15) is 6.54 Å². The van der Waals surface area contributed by atoms with Crippen LogP contribution < -0.4 is 10.2 Å². The van der Waals surface area contributed by atoms with Gasteiger partial charge in [-0.15, -0.1) is 0 Å². The van der Waals surface area contributed by atoms with E-state index < -0.39 is 6.16 Å². The molecule has 0 radical (unpaired) electrons. The van der Waals surface area contributed by atoms with Crippen LogP contribution in [0.4, 0.5) is 4.79 Å². The van der Waals surface area contributed by atoms with Gasteiger partial charge in [-0.25, -0.2) is 0 Å². The number of hydrogen-bond acceptors (Lipinski definition) is 4. The first-order valence-electron chi connectivity index (χ1n) is 7.81.